The van der Waals surface area contributed by atoms with Crippen LogP contribution in [0.1, 0.15) is 45.9 Å². The van der Waals surface area contributed by atoms with Gasteiger partial charge in [0.15, 0.2) is 0 Å². The van der Waals surface area contributed by atoms with Crippen molar-refractivity contribution in [3.63, 3.8) is 0 Å². The van der Waals surface area contributed by atoms with Crippen LogP contribution in [0.25, 0.3) is 0 Å². The van der Waals surface area contributed by atoms with Crippen molar-refractivity contribution < 1.29 is 0 Å². The molecule has 0 amide bonds. The number of aryl methyl sites for hydroxylation is 1. The summed E-state index contributed by atoms with van der Waals surface area (Å²) in [6, 6.07) is 2.46. The van der Waals surface area contributed by atoms with Gasteiger partial charge in [-0.15, -0.1) is 0 Å². The average molecular weight is 278 g/mol. The van der Waals surface area contributed by atoms with Gasteiger partial charge in [-0.3, -0.25) is 4.79 Å². The van der Waals surface area contributed by atoms with Crippen molar-refractivity contribution in [2.75, 3.05) is 18.0 Å². The molecule has 2 atom stereocenters. The zero-order chi connectivity index (χ0) is 14.5. The Kier molecular flexibility index (Phi) is 5.17. The molecule has 2 unspecified atom stereocenters. The van der Waals surface area contributed by atoms with Crippen molar-refractivity contribution >= 4 is 5.82 Å². The summed E-state index contributed by atoms with van der Waals surface area (Å²) in [5, 5.41) is 3.50. The first-order chi connectivity index (χ1) is 9.65. The Labute approximate surface area is 120 Å². The molecule has 20 heavy (non-hydrogen) atoms. The molecule has 0 radical (unpaired) electrons. The summed E-state index contributed by atoms with van der Waals surface area (Å²) in [6.45, 7) is 8.32. The number of nitrogens with one attached hydrogen (secondary N) is 2. The number of H-pyrrole nitrogens is 1. The number of piperidine rings is 1. The number of likely N-dealkylation sites (N-methyl/N-ethyl adjacent to an activating group) is 1. The molecule has 0 saturated carbocycles. The lowest BCUT2D eigenvalue weighted by Gasteiger charge is -2.40. The molecular formula is C15H26N4O. The number of nitrogens with zero attached hydrogens (tertiary/aromatic N) is 2. The van der Waals surface area contributed by atoms with Gasteiger partial charge in [-0.1, -0.05) is 13.8 Å². The maximum absolute atomic E-state index is 11.8. The Morgan fingerprint density at radius 2 is 2.30 bits per heavy atom. The molecule has 0 bridgehead atoms. The van der Waals surface area contributed by atoms with E-state index < -0.39 is 0 Å². The largest absolute Gasteiger partial charge is 0.352 e. The van der Waals surface area contributed by atoms with Crippen LogP contribution in [0.5, 0.6) is 0 Å². The molecule has 2 rings (SSSR count). The van der Waals surface area contributed by atoms with Crippen molar-refractivity contribution in [2.45, 2.75) is 58.5 Å². The lowest BCUT2D eigenvalue weighted by molar-refractivity contribution is 0.370. The molecule has 1 saturated heterocycles. The van der Waals surface area contributed by atoms with Gasteiger partial charge in [-0.25, -0.2) is 4.98 Å². The van der Waals surface area contributed by atoms with Gasteiger partial charge in [-0.2, -0.15) is 0 Å². The predicted molar refractivity (Wildman–Crippen MR) is 82.4 cm³/mol. The van der Waals surface area contributed by atoms with E-state index in [4.69, 9.17) is 0 Å². The molecule has 0 aromatic carbocycles. The molecular weight excluding hydrogens is 252 g/mol. The Bertz CT molecular complexity index is 485. The third kappa shape index (κ3) is 3.39. The molecule has 0 spiro atoms. The van der Waals surface area contributed by atoms with Crippen LogP contribution in [0.2, 0.25) is 0 Å². The van der Waals surface area contributed by atoms with Crippen molar-refractivity contribution in [2.24, 2.45) is 0 Å². The minimum Gasteiger partial charge on any atom is -0.352 e. The van der Waals surface area contributed by atoms with E-state index in [0.29, 0.717) is 12.1 Å². The lowest BCUT2D eigenvalue weighted by atomic mass is 9.96. The van der Waals surface area contributed by atoms with Gasteiger partial charge < -0.3 is 15.2 Å². The Morgan fingerprint density at radius 1 is 1.50 bits per heavy atom. The first-order valence-corrected chi connectivity index (χ1v) is 7.76. The number of anilines is 1. The second-order valence-corrected chi connectivity index (χ2v) is 5.51. The maximum atomic E-state index is 11.8. The molecule has 1 aliphatic rings. The van der Waals surface area contributed by atoms with Crippen LogP contribution in [0.3, 0.4) is 0 Å². The summed E-state index contributed by atoms with van der Waals surface area (Å²) >= 11 is 0. The lowest BCUT2D eigenvalue weighted by Crippen LogP contribution is -2.51. The summed E-state index contributed by atoms with van der Waals surface area (Å²) in [6.07, 6.45) is 4.33. The first kappa shape index (κ1) is 15.0. The molecule has 1 aromatic rings. The quantitative estimate of drug-likeness (QED) is 0.860. The third-order valence-corrected chi connectivity index (χ3v) is 4.06. The molecule has 1 aliphatic heterocycles. The SMILES string of the molecule is CCNC(C)C1CCCCN1c1cc(=O)[nH]c(CC)n1. The number of aromatic amines is 1. The highest BCUT2D eigenvalue weighted by Gasteiger charge is 2.28. The van der Waals surface area contributed by atoms with E-state index in [1.807, 2.05) is 6.92 Å². The molecule has 2 N–H and O–H groups in total. The van der Waals surface area contributed by atoms with Crippen molar-refractivity contribution in [1.29, 1.82) is 0 Å². The fourth-order valence-electron chi connectivity index (χ4n) is 3.03. The summed E-state index contributed by atoms with van der Waals surface area (Å²) < 4.78 is 0. The Morgan fingerprint density at radius 3 is 3.00 bits per heavy atom. The first-order valence-electron chi connectivity index (χ1n) is 7.76. The molecule has 5 heteroatoms. The summed E-state index contributed by atoms with van der Waals surface area (Å²) in [5.41, 5.74) is -0.0488. The van der Waals surface area contributed by atoms with Crippen LogP contribution in [0.4, 0.5) is 5.82 Å². The minimum atomic E-state index is -0.0488. The highest BCUT2D eigenvalue weighted by Crippen LogP contribution is 2.24. The molecule has 112 valence electrons. The summed E-state index contributed by atoms with van der Waals surface area (Å²) in [7, 11) is 0. The third-order valence-electron chi connectivity index (χ3n) is 4.06. The maximum Gasteiger partial charge on any atom is 0.252 e. The normalized spacial score (nSPS) is 20.9. The predicted octanol–water partition coefficient (Wildman–Crippen LogP) is 1.69. The van der Waals surface area contributed by atoms with E-state index in [2.05, 4.69) is 34.0 Å². The minimum absolute atomic E-state index is 0.0488. The second kappa shape index (κ2) is 6.88. The number of hydrogen-bond acceptors (Lipinski definition) is 4. The van der Waals surface area contributed by atoms with Crippen LogP contribution in [0.15, 0.2) is 10.9 Å². The zero-order valence-corrected chi connectivity index (χ0v) is 12.8. The topological polar surface area (TPSA) is 61.0 Å². The monoisotopic (exact) mass is 278 g/mol. The Balaban J connectivity index is 2.27. The highest BCUT2D eigenvalue weighted by atomic mass is 16.1. The van der Waals surface area contributed by atoms with E-state index in [9.17, 15) is 4.79 Å². The van der Waals surface area contributed by atoms with Crippen LogP contribution in [-0.4, -0.2) is 35.1 Å². The molecule has 2 heterocycles. The van der Waals surface area contributed by atoms with Gasteiger partial charge in [0, 0.05) is 31.1 Å². The zero-order valence-electron chi connectivity index (χ0n) is 12.8. The molecule has 1 aromatic heterocycles. The number of rotatable bonds is 5. The van der Waals surface area contributed by atoms with E-state index in [0.717, 1.165) is 37.6 Å². The molecule has 1 fully saturated rings. The van der Waals surface area contributed by atoms with Gasteiger partial charge in [0.25, 0.3) is 5.56 Å². The van der Waals surface area contributed by atoms with Gasteiger partial charge >= 0.3 is 0 Å². The fourth-order valence-corrected chi connectivity index (χ4v) is 3.03. The van der Waals surface area contributed by atoms with Crippen LogP contribution < -0.4 is 15.8 Å². The number of aromatic nitrogens is 2. The molecule has 5 nitrogen and oxygen atoms in total. The van der Waals surface area contributed by atoms with E-state index >= 15 is 0 Å². The smallest absolute Gasteiger partial charge is 0.252 e. The fraction of sp³-hybridized carbons (Fsp3) is 0.733. The van der Waals surface area contributed by atoms with Crippen LogP contribution in [0, 0.1) is 0 Å². The van der Waals surface area contributed by atoms with Crippen molar-refractivity contribution in [3.8, 4) is 0 Å². The van der Waals surface area contributed by atoms with Crippen molar-refractivity contribution in [1.82, 2.24) is 15.3 Å². The van der Waals surface area contributed by atoms with Crippen LogP contribution in [-0.2, 0) is 6.42 Å². The summed E-state index contributed by atoms with van der Waals surface area (Å²) in [5.74, 6) is 1.60. The van der Waals surface area contributed by atoms with Gasteiger partial charge in [0.2, 0.25) is 0 Å². The van der Waals surface area contributed by atoms with E-state index in [-0.39, 0.29) is 5.56 Å². The van der Waals surface area contributed by atoms with E-state index in [1.165, 1.54) is 12.8 Å². The van der Waals surface area contributed by atoms with Gasteiger partial charge in [-0.05, 0) is 32.7 Å². The molecule has 0 aliphatic carbocycles. The number of hydrogen-bond donors (Lipinski definition) is 2. The van der Waals surface area contributed by atoms with Crippen LogP contribution >= 0.6 is 0 Å². The second-order valence-electron chi connectivity index (χ2n) is 5.51. The average Bonchev–Trinajstić information content (AvgIpc) is 2.46. The standard InChI is InChI=1S/C15H26N4O/c1-4-13-17-14(10-15(20)18-13)19-9-7-6-8-12(19)11(3)16-5-2/h10-12,16H,4-9H2,1-3H3,(H,17,18,20). The van der Waals surface area contributed by atoms with Gasteiger partial charge in [0.05, 0.1) is 0 Å². The highest BCUT2D eigenvalue weighted by molar-refractivity contribution is 5.40. The van der Waals surface area contributed by atoms with Gasteiger partial charge in [0.1, 0.15) is 11.6 Å². The Hall–Kier alpha value is -1.36. The van der Waals surface area contributed by atoms with E-state index in [1.54, 1.807) is 6.07 Å². The summed E-state index contributed by atoms with van der Waals surface area (Å²) in [4.78, 5) is 21.5. The van der Waals surface area contributed by atoms with Crippen molar-refractivity contribution in [3.05, 3.63) is 22.2 Å².